The number of unbranched alkanes of at least 4 members (excludes halogenated alkanes) is 1. The standard InChI is InChI=1S/C12H16BrNO2/c1-9-5-6-10(13)8-11(9)14-7-3-2-4-12(15)16/h5-6,8,14H,2-4,7H2,1H3,(H,15,16). The minimum Gasteiger partial charge on any atom is -0.481 e. The predicted octanol–water partition coefficient (Wildman–Crippen LogP) is 3.42. The maximum absolute atomic E-state index is 10.3. The first kappa shape index (κ1) is 13.0. The molecule has 0 spiro atoms. The second-order valence-corrected chi connectivity index (χ2v) is 4.65. The highest BCUT2D eigenvalue weighted by Crippen LogP contribution is 2.20. The third-order valence-corrected chi connectivity index (χ3v) is 2.83. The van der Waals surface area contributed by atoms with Crippen molar-refractivity contribution in [2.75, 3.05) is 11.9 Å². The molecule has 3 nitrogen and oxygen atoms in total. The van der Waals surface area contributed by atoms with Crippen LogP contribution in [0.4, 0.5) is 5.69 Å². The van der Waals surface area contributed by atoms with Gasteiger partial charge >= 0.3 is 5.97 Å². The topological polar surface area (TPSA) is 49.3 Å². The summed E-state index contributed by atoms with van der Waals surface area (Å²) in [4.78, 5) is 10.3. The fraction of sp³-hybridized carbons (Fsp3) is 0.417. The molecular weight excluding hydrogens is 270 g/mol. The van der Waals surface area contributed by atoms with Gasteiger partial charge in [-0.15, -0.1) is 0 Å². The van der Waals surface area contributed by atoms with E-state index in [0.717, 1.165) is 29.5 Å². The molecule has 0 aliphatic rings. The average Bonchev–Trinajstić information content (AvgIpc) is 2.22. The number of hydrogen-bond acceptors (Lipinski definition) is 2. The van der Waals surface area contributed by atoms with Gasteiger partial charge in [0.2, 0.25) is 0 Å². The molecule has 0 aliphatic carbocycles. The molecule has 0 aliphatic heterocycles. The first-order valence-electron chi connectivity index (χ1n) is 5.31. The Hall–Kier alpha value is -1.03. The number of carbonyl (C=O) groups is 1. The molecule has 1 aromatic carbocycles. The van der Waals surface area contributed by atoms with Crippen LogP contribution in [0, 0.1) is 6.92 Å². The van der Waals surface area contributed by atoms with Crippen molar-refractivity contribution in [3.05, 3.63) is 28.2 Å². The van der Waals surface area contributed by atoms with Crippen LogP contribution < -0.4 is 5.32 Å². The van der Waals surface area contributed by atoms with Gasteiger partial charge < -0.3 is 10.4 Å². The van der Waals surface area contributed by atoms with Gasteiger partial charge in [-0.3, -0.25) is 4.79 Å². The summed E-state index contributed by atoms with van der Waals surface area (Å²) in [5.74, 6) is -0.723. The Kier molecular flexibility index (Phi) is 5.32. The fourth-order valence-corrected chi connectivity index (χ4v) is 1.77. The monoisotopic (exact) mass is 285 g/mol. The van der Waals surface area contributed by atoms with Crippen LogP contribution >= 0.6 is 15.9 Å². The summed E-state index contributed by atoms with van der Waals surface area (Å²) in [5, 5.41) is 11.8. The van der Waals surface area contributed by atoms with Crippen molar-refractivity contribution in [2.24, 2.45) is 0 Å². The van der Waals surface area contributed by atoms with E-state index in [1.807, 2.05) is 25.1 Å². The molecule has 16 heavy (non-hydrogen) atoms. The van der Waals surface area contributed by atoms with Gasteiger partial charge in [0.15, 0.2) is 0 Å². The number of carboxylic acid groups (broad SMARTS) is 1. The lowest BCUT2D eigenvalue weighted by Gasteiger charge is -2.09. The van der Waals surface area contributed by atoms with E-state index in [9.17, 15) is 4.79 Å². The Bertz CT molecular complexity index is 366. The van der Waals surface area contributed by atoms with Crippen LogP contribution in [-0.4, -0.2) is 17.6 Å². The van der Waals surface area contributed by atoms with Crippen molar-refractivity contribution in [1.29, 1.82) is 0 Å². The van der Waals surface area contributed by atoms with Crippen LogP contribution in [0.25, 0.3) is 0 Å². The van der Waals surface area contributed by atoms with Crippen molar-refractivity contribution in [3.8, 4) is 0 Å². The molecule has 0 fully saturated rings. The Labute approximate surface area is 104 Å². The molecule has 0 radical (unpaired) electrons. The van der Waals surface area contributed by atoms with Crippen LogP contribution in [0.15, 0.2) is 22.7 Å². The third kappa shape index (κ3) is 4.66. The first-order valence-corrected chi connectivity index (χ1v) is 6.10. The molecule has 0 unspecified atom stereocenters. The molecular formula is C12H16BrNO2. The Balaban J connectivity index is 2.31. The summed E-state index contributed by atoms with van der Waals surface area (Å²) in [6.07, 6.45) is 1.84. The predicted molar refractivity (Wildman–Crippen MR) is 68.9 cm³/mol. The molecule has 0 heterocycles. The van der Waals surface area contributed by atoms with E-state index in [2.05, 4.69) is 21.2 Å². The van der Waals surface area contributed by atoms with Crippen LogP contribution in [0.5, 0.6) is 0 Å². The largest absolute Gasteiger partial charge is 0.481 e. The van der Waals surface area contributed by atoms with Crippen molar-refractivity contribution in [2.45, 2.75) is 26.2 Å². The van der Waals surface area contributed by atoms with Crippen LogP contribution in [-0.2, 0) is 4.79 Å². The number of hydrogen-bond donors (Lipinski definition) is 2. The molecule has 0 atom stereocenters. The van der Waals surface area contributed by atoms with E-state index in [4.69, 9.17) is 5.11 Å². The maximum atomic E-state index is 10.3. The van der Waals surface area contributed by atoms with Crippen LogP contribution in [0.2, 0.25) is 0 Å². The van der Waals surface area contributed by atoms with Gasteiger partial charge in [-0.1, -0.05) is 22.0 Å². The highest BCUT2D eigenvalue weighted by atomic mass is 79.9. The molecule has 2 N–H and O–H groups in total. The van der Waals surface area contributed by atoms with Gasteiger partial charge in [-0.05, 0) is 37.5 Å². The normalized spacial score (nSPS) is 10.1. The van der Waals surface area contributed by atoms with Crippen molar-refractivity contribution >= 4 is 27.6 Å². The van der Waals surface area contributed by atoms with Gasteiger partial charge in [0.1, 0.15) is 0 Å². The maximum Gasteiger partial charge on any atom is 0.303 e. The van der Waals surface area contributed by atoms with E-state index in [-0.39, 0.29) is 6.42 Å². The molecule has 0 aromatic heterocycles. The summed E-state index contributed by atoms with van der Waals surface area (Å²) >= 11 is 3.42. The van der Waals surface area contributed by atoms with Crippen molar-refractivity contribution in [3.63, 3.8) is 0 Å². The van der Waals surface area contributed by atoms with Gasteiger partial charge in [-0.2, -0.15) is 0 Å². The van der Waals surface area contributed by atoms with E-state index < -0.39 is 5.97 Å². The number of nitrogens with one attached hydrogen (secondary N) is 1. The average molecular weight is 286 g/mol. The molecule has 4 heteroatoms. The minimum atomic E-state index is -0.723. The zero-order valence-corrected chi connectivity index (χ0v) is 10.9. The van der Waals surface area contributed by atoms with E-state index in [0.29, 0.717) is 0 Å². The van der Waals surface area contributed by atoms with Gasteiger partial charge in [0, 0.05) is 23.1 Å². The lowest BCUT2D eigenvalue weighted by molar-refractivity contribution is -0.137. The van der Waals surface area contributed by atoms with Gasteiger partial charge in [0.25, 0.3) is 0 Å². The number of carboxylic acids is 1. The zero-order chi connectivity index (χ0) is 12.0. The van der Waals surface area contributed by atoms with Gasteiger partial charge in [0.05, 0.1) is 0 Å². The second kappa shape index (κ2) is 6.53. The Morgan fingerprint density at radius 1 is 1.44 bits per heavy atom. The molecule has 0 amide bonds. The van der Waals surface area contributed by atoms with E-state index in [1.165, 1.54) is 5.56 Å². The Morgan fingerprint density at radius 2 is 2.19 bits per heavy atom. The number of anilines is 1. The lowest BCUT2D eigenvalue weighted by atomic mass is 10.2. The van der Waals surface area contributed by atoms with E-state index in [1.54, 1.807) is 0 Å². The summed E-state index contributed by atoms with van der Waals surface area (Å²) < 4.78 is 1.05. The molecule has 0 saturated carbocycles. The molecule has 0 saturated heterocycles. The highest BCUT2D eigenvalue weighted by Gasteiger charge is 1.99. The third-order valence-electron chi connectivity index (χ3n) is 2.33. The Morgan fingerprint density at radius 3 is 2.88 bits per heavy atom. The summed E-state index contributed by atoms with van der Waals surface area (Å²) in [5.41, 5.74) is 2.30. The summed E-state index contributed by atoms with van der Waals surface area (Å²) in [7, 11) is 0. The van der Waals surface area contributed by atoms with Gasteiger partial charge in [-0.25, -0.2) is 0 Å². The lowest BCUT2D eigenvalue weighted by Crippen LogP contribution is -2.04. The number of benzene rings is 1. The molecule has 88 valence electrons. The molecule has 1 aromatic rings. The molecule has 1 rings (SSSR count). The zero-order valence-electron chi connectivity index (χ0n) is 9.29. The number of aryl methyl sites for hydroxylation is 1. The number of rotatable bonds is 6. The fourth-order valence-electron chi connectivity index (χ4n) is 1.41. The molecule has 0 bridgehead atoms. The quantitative estimate of drug-likeness (QED) is 0.788. The van der Waals surface area contributed by atoms with Crippen LogP contribution in [0.3, 0.4) is 0 Å². The first-order chi connectivity index (χ1) is 7.59. The van der Waals surface area contributed by atoms with Crippen molar-refractivity contribution < 1.29 is 9.90 Å². The second-order valence-electron chi connectivity index (χ2n) is 3.74. The minimum absolute atomic E-state index is 0.249. The number of halogens is 1. The number of aliphatic carboxylic acids is 1. The van der Waals surface area contributed by atoms with Crippen molar-refractivity contribution in [1.82, 2.24) is 0 Å². The summed E-state index contributed by atoms with van der Waals surface area (Å²) in [6, 6.07) is 6.08. The SMILES string of the molecule is Cc1ccc(Br)cc1NCCCCC(=O)O. The smallest absolute Gasteiger partial charge is 0.303 e. The summed E-state index contributed by atoms with van der Waals surface area (Å²) in [6.45, 7) is 2.86. The highest BCUT2D eigenvalue weighted by molar-refractivity contribution is 9.10. The van der Waals surface area contributed by atoms with Crippen LogP contribution in [0.1, 0.15) is 24.8 Å². The van der Waals surface area contributed by atoms with E-state index >= 15 is 0 Å².